The summed E-state index contributed by atoms with van der Waals surface area (Å²) in [5, 5.41) is 8.25. The fourth-order valence-electron chi connectivity index (χ4n) is 4.20. The van der Waals surface area contributed by atoms with E-state index in [0.717, 1.165) is 31.2 Å². The van der Waals surface area contributed by atoms with Crippen LogP contribution in [-0.2, 0) is 17.6 Å². The van der Waals surface area contributed by atoms with Crippen LogP contribution in [0.1, 0.15) is 48.7 Å². The lowest BCUT2D eigenvalue weighted by Gasteiger charge is -2.30. The molecular weight excluding hydrogens is 350 g/mol. The molecule has 3 aromatic rings. The maximum atomic E-state index is 13.1. The van der Waals surface area contributed by atoms with Crippen LogP contribution in [0.3, 0.4) is 0 Å². The average molecular weight is 373 g/mol. The molecule has 0 unspecified atom stereocenters. The average Bonchev–Trinajstić information content (AvgIpc) is 3.30. The highest BCUT2D eigenvalue weighted by Gasteiger charge is 2.40. The highest BCUT2D eigenvalue weighted by molar-refractivity contribution is 5.78. The number of hydrogen-bond donors (Lipinski definition) is 0. The molecule has 5 rings (SSSR count). The molecule has 0 saturated heterocycles. The van der Waals surface area contributed by atoms with Gasteiger partial charge in [-0.1, -0.05) is 42.5 Å². The summed E-state index contributed by atoms with van der Waals surface area (Å²) in [5.41, 5.74) is 3.61. The molecule has 1 aromatic heterocycles. The Morgan fingerprint density at radius 3 is 2.61 bits per heavy atom. The smallest absolute Gasteiger partial charge is 0.247 e. The molecule has 0 bridgehead atoms. The zero-order valence-corrected chi connectivity index (χ0v) is 15.8. The number of carbonyl (C=O) groups excluding carboxylic acids is 1. The van der Waals surface area contributed by atoms with Crippen molar-refractivity contribution in [2.45, 2.75) is 50.6 Å². The Morgan fingerprint density at radius 2 is 1.79 bits per heavy atom. The maximum Gasteiger partial charge on any atom is 0.247 e. The zero-order chi connectivity index (χ0) is 18.9. The summed E-state index contributed by atoms with van der Waals surface area (Å²) in [6.07, 6.45) is 5.20. The summed E-state index contributed by atoms with van der Waals surface area (Å²) in [5.74, 6) is 1.23. The van der Waals surface area contributed by atoms with Crippen LogP contribution < -0.4 is 0 Å². The number of fused-ring (bicyclic) bond motifs is 1. The van der Waals surface area contributed by atoms with Gasteiger partial charge in [-0.15, -0.1) is 10.2 Å². The quantitative estimate of drug-likeness (QED) is 0.645. The van der Waals surface area contributed by atoms with Gasteiger partial charge in [-0.2, -0.15) is 0 Å². The first kappa shape index (κ1) is 17.2. The normalized spacial score (nSPS) is 18.1. The molecule has 142 valence electrons. The minimum atomic E-state index is 0.198. The first-order valence-electron chi connectivity index (χ1n) is 10.1. The van der Waals surface area contributed by atoms with Gasteiger partial charge in [-0.25, -0.2) is 0 Å². The van der Waals surface area contributed by atoms with Crippen LogP contribution in [0.2, 0.25) is 0 Å². The van der Waals surface area contributed by atoms with Crippen molar-refractivity contribution in [1.29, 1.82) is 0 Å². The van der Waals surface area contributed by atoms with Gasteiger partial charge in [-0.3, -0.25) is 4.79 Å². The van der Waals surface area contributed by atoms with Crippen LogP contribution in [-0.4, -0.2) is 27.0 Å². The molecule has 0 N–H and O–H groups in total. The monoisotopic (exact) mass is 373 g/mol. The van der Waals surface area contributed by atoms with Crippen LogP contribution >= 0.6 is 0 Å². The molecule has 28 heavy (non-hydrogen) atoms. The molecule has 5 heteroatoms. The van der Waals surface area contributed by atoms with Crippen molar-refractivity contribution in [2.24, 2.45) is 0 Å². The number of rotatable bonds is 6. The van der Waals surface area contributed by atoms with E-state index in [4.69, 9.17) is 4.42 Å². The molecular formula is C23H23N3O2. The highest BCUT2D eigenvalue weighted by atomic mass is 16.4. The number of hydrogen-bond acceptors (Lipinski definition) is 4. The van der Waals surface area contributed by atoms with Crippen LogP contribution in [0.25, 0.3) is 11.5 Å². The van der Waals surface area contributed by atoms with Crippen molar-refractivity contribution in [3.05, 3.63) is 71.6 Å². The summed E-state index contributed by atoms with van der Waals surface area (Å²) in [6.45, 7) is 0. The van der Waals surface area contributed by atoms with E-state index < -0.39 is 0 Å². The van der Waals surface area contributed by atoms with E-state index in [1.165, 1.54) is 11.1 Å². The minimum absolute atomic E-state index is 0.198. The lowest BCUT2D eigenvalue weighted by atomic mass is 10.1. The van der Waals surface area contributed by atoms with Gasteiger partial charge in [0.2, 0.25) is 17.7 Å². The Morgan fingerprint density at radius 1 is 1.00 bits per heavy atom. The third-order valence-corrected chi connectivity index (χ3v) is 5.71. The highest BCUT2D eigenvalue weighted by Crippen LogP contribution is 2.42. The molecule has 5 nitrogen and oxygen atoms in total. The van der Waals surface area contributed by atoms with Crippen molar-refractivity contribution in [3.63, 3.8) is 0 Å². The lowest BCUT2D eigenvalue weighted by Crippen LogP contribution is -2.36. The van der Waals surface area contributed by atoms with Crippen LogP contribution in [0.4, 0.5) is 0 Å². The summed E-state index contributed by atoms with van der Waals surface area (Å²) in [4.78, 5) is 15.2. The first-order chi connectivity index (χ1) is 13.8. The largest absolute Gasteiger partial charge is 0.421 e. The van der Waals surface area contributed by atoms with Crippen molar-refractivity contribution in [1.82, 2.24) is 15.1 Å². The third kappa shape index (κ3) is 3.33. The molecule has 0 aliphatic heterocycles. The van der Waals surface area contributed by atoms with Crippen LogP contribution in [0.15, 0.2) is 59.0 Å². The lowest BCUT2D eigenvalue weighted by molar-refractivity contribution is -0.134. The number of aryl methyl sites for hydroxylation is 2. The van der Waals surface area contributed by atoms with Gasteiger partial charge in [0.05, 0.1) is 6.04 Å². The molecule has 1 amide bonds. The van der Waals surface area contributed by atoms with E-state index in [-0.39, 0.29) is 11.9 Å². The molecule has 2 aromatic carbocycles. The van der Waals surface area contributed by atoms with Crippen LogP contribution in [0.5, 0.6) is 0 Å². The number of benzene rings is 2. The molecule has 1 saturated carbocycles. The maximum absolute atomic E-state index is 13.1. The van der Waals surface area contributed by atoms with Gasteiger partial charge >= 0.3 is 0 Å². The van der Waals surface area contributed by atoms with Gasteiger partial charge in [0, 0.05) is 24.4 Å². The van der Waals surface area contributed by atoms with E-state index in [9.17, 15) is 4.79 Å². The predicted molar refractivity (Wildman–Crippen MR) is 105 cm³/mol. The zero-order valence-electron chi connectivity index (χ0n) is 15.8. The Bertz CT molecular complexity index is 978. The molecule has 1 atom stereocenters. The Kier molecular flexibility index (Phi) is 4.43. The Labute approximate surface area is 164 Å². The van der Waals surface area contributed by atoms with Crippen molar-refractivity contribution < 1.29 is 9.21 Å². The van der Waals surface area contributed by atoms with Gasteiger partial charge in [-0.05, 0) is 48.9 Å². The number of amides is 1. The Hall–Kier alpha value is -2.95. The Balaban J connectivity index is 1.28. The third-order valence-electron chi connectivity index (χ3n) is 5.71. The molecule has 0 radical (unpaired) electrons. The summed E-state index contributed by atoms with van der Waals surface area (Å²) in [7, 11) is 0. The SMILES string of the molecule is O=C(CCc1nnc(-c2ccccc2)o1)N(C1CC1)[C@@H]1CCc2ccccc21. The summed E-state index contributed by atoms with van der Waals surface area (Å²) in [6, 6.07) is 18.9. The van der Waals surface area contributed by atoms with E-state index >= 15 is 0 Å². The predicted octanol–water partition coefficient (Wildman–Crippen LogP) is 4.35. The second-order valence-electron chi connectivity index (χ2n) is 7.65. The standard InChI is InChI=1S/C23H23N3O2/c27-22(15-14-21-24-25-23(28-21)17-7-2-1-3-8-17)26(18-11-12-18)20-13-10-16-6-4-5-9-19(16)20/h1-9,18,20H,10-15H2/t20-/m1/s1. The first-order valence-corrected chi connectivity index (χ1v) is 10.1. The summed E-state index contributed by atoms with van der Waals surface area (Å²) < 4.78 is 5.76. The van der Waals surface area contributed by atoms with Gasteiger partial charge in [0.15, 0.2) is 0 Å². The van der Waals surface area contributed by atoms with E-state index in [1.54, 1.807) is 0 Å². The fraction of sp³-hybridized carbons (Fsp3) is 0.348. The van der Waals surface area contributed by atoms with E-state index in [0.29, 0.717) is 30.7 Å². The topological polar surface area (TPSA) is 59.2 Å². The van der Waals surface area contributed by atoms with Gasteiger partial charge in [0.1, 0.15) is 0 Å². The minimum Gasteiger partial charge on any atom is -0.421 e. The van der Waals surface area contributed by atoms with Crippen molar-refractivity contribution >= 4 is 5.91 Å². The molecule has 0 spiro atoms. The van der Waals surface area contributed by atoms with Gasteiger partial charge in [0.25, 0.3) is 0 Å². The van der Waals surface area contributed by atoms with E-state index in [1.807, 2.05) is 30.3 Å². The van der Waals surface area contributed by atoms with Gasteiger partial charge < -0.3 is 9.32 Å². The second kappa shape index (κ2) is 7.23. The van der Waals surface area contributed by atoms with Crippen molar-refractivity contribution in [3.8, 4) is 11.5 Å². The van der Waals surface area contributed by atoms with E-state index in [2.05, 4.69) is 39.4 Å². The molecule has 1 fully saturated rings. The number of carbonyl (C=O) groups is 1. The number of nitrogens with zero attached hydrogens (tertiary/aromatic N) is 3. The number of aromatic nitrogens is 2. The molecule has 2 aliphatic carbocycles. The molecule has 1 heterocycles. The van der Waals surface area contributed by atoms with Crippen LogP contribution in [0, 0.1) is 0 Å². The molecule has 2 aliphatic rings. The second-order valence-corrected chi connectivity index (χ2v) is 7.65. The summed E-state index contributed by atoms with van der Waals surface area (Å²) >= 11 is 0. The fourth-order valence-corrected chi connectivity index (χ4v) is 4.20. The van der Waals surface area contributed by atoms with Crippen molar-refractivity contribution in [2.75, 3.05) is 0 Å².